The second-order valence-electron chi connectivity index (χ2n) is 5.50. The Hall–Kier alpha value is -2.69. The Balaban J connectivity index is 2.25. The van der Waals surface area contributed by atoms with Crippen LogP contribution in [0.4, 0.5) is 11.4 Å². The van der Waals surface area contributed by atoms with Crippen LogP contribution in [-0.2, 0) is 4.79 Å². The molecule has 120 valence electrons. The molecule has 2 rings (SSSR count). The Morgan fingerprint density at radius 2 is 1.91 bits per heavy atom. The lowest BCUT2D eigenvalue weighted by molar-refractivity contribution is -0.384. The molecule has 0 heterocycles. The maximum atomic E-state index is 12.7. The van der Waals surface area contributed by atoms with Gasteiger partial charge in [-0.15, -0.1) is 0 Å². The van der Waals surface area contributed by atoms with Crippen LogP contribution in [0.1, 0.15) is 36.8 Å². The summed E-state index contributed by atoms with van der Waals surface area (Å²) < 4.78 is 0. The van der Waals surface area contributed by atoms with Crippen molar-refractivity contribution < 1.29 is 9.72 Å². The van der Waals surface area contributed by atoms with Gasteiger partial charge in [0.2, 0.25) is 5.91 Å². The zero-order valence-electron chi connectivity index (χ0n) is 13.3. The van der Waals surface area contributed by atoms with Crippen molar-refractivity contribution in [3.05, 3.63) is 69.8 Å². The number of aryl methyl sites for hydroxylation is 1. The van der Waals surface area contributed by atoms with Crippen molar-refractivity contribution in [3.63, 3.8) is 0 Å². The van der Waals surface area contributed by atoms with Crippen LogP contribution in [0.3, 0.4) is 0 Å². The van der Waals surface area contributed by atoms with Gasteiger partial charge in [0.25, 0.3) is 5.69 Å². The van der Waals surface area contributed by atoms with E-state index in [4.69, 9.17) is 0 Å². The van der Waals surface area contributed by atoms with Crippen LogP contribution in [0.5, 0.6) is 0 Å². The molecule has 0 aromatic heterocycles. The Kier molecular flexibility index (Phi) is 5.46. The minimum absolute atomic E-state index is 0.0300. The van der Waals surface area contributed by atoms with Crippen molar-refractivity contribution in [3.8, 4) is 0 Å². The van der Waals surface area contributed by atoms with E-state index in [1.54, 1.807) is 6.07 Å². The van der Waals surface area contributed by atoms with E-state index in [0.29, 0.717) is 5.69 Å². The molecule has 0 saturated heterocycles. The molecule has 2 aromatic rings. The highest BCUT2D eigenvalue weighted by atomic mass is 16.6. The fourth-order valence-corrected chi connectivity index (χ4v) is 2.50. The molecule has 1 atom stereocenters. The molecule has 5 nitrogen and oxygen atoms in total. The highest BCUT2D eigenvalue weighted by molar-refractivity contribution is 5.96. The molecule has 5 heteroatoms. The molecule has 23 heavy (non-hydrogen) atoms. The first kappa shape index (κ1) is 16.7. The standard InChI is InChI=1S/C18H20N2O3/c1-3-7-16(14-8-5-4-6-9-14)18(21)19-17-12-15(20(22)23)11-10-13(17)2/h4-6,8-12,16H,3,7H2,1-2H3,(H,19,21). The van der Waals surface area contributed by atoms with Crippen LogP contribution in [-0.4, -0.2) is 10.8 Å². The van der Waals surface area contributed by atoms with Crippen LogP contribution in [0, 0.1) is 17.0 Å². The number of nitrogens with one attached hydrogen (secondary N) is 1. The monoisotopic (exact) mass is 312 g/mol. The van der Waals surface area contributed by atoms with Crippen molar-refractivity contribution in [1.82, 2.24) is 0 Å². The second kappa shape index (κ2) is 7.54. The summed E-state index contributed by atoms with van der Waals surface area (Å²) in [5, 5.41) is 13.7. The lowest BCUT2D eigenvalue weighted by atomic mass is 9.93. The first-order valence-corrected chi connectivity index (χ1v) is 7.63. The predicted molar refractivity (Wildman–Crippen MR) is 90.6 cm³/mol. The van der Waals surface area contributed by atoms with Gasteiger partial charge in [-0.3, -0.25) is 14.9 Å². The molecule has 0 aliphatic heterocycles. The molecule has 0 aliphatic carbocycles. The number of nitro benzene ring substituents is 1. The zero-order valence-corrected chi connectivity index (χ0v) is 13.3. The molecule has 0 fully saturated rings. The number of nitro groups is 1. The molecule has 1 unspecified atom stereocenters. The Bertz CT molecular complexity index is 699. The molecule has 0 aliphatic rings. The van der Waals surface area contributed by atoms with Crippen molar-refractivity contribution in [2.45, 2.75) is 32.6 Å². The summed E-state index contributed by atoms with van der Waals surface area (Å²) in [5.41, 5.74) is 2.21. The molecule has 0 radical (unpaired) electrons. The highest BCUT2D eigenvalue weighted by Crippen LogP contribution is 2.26. The van der Waals surface area contributed by atoms with E-state index in [2.05, 4.69) is 5.32 Å². The number of non-ortho nitro benzene ring substituents is 1. The van der Waals surface area contributed by atoms with E-state index in [9.17, 15) is 14.9 Å². The summed E-state index contributed by atoms with van der Waals surface area (Å²) in [7, 11) is 0. The minimum Gasteiger partial charge on any atom is -0.325 e. The van der Waals surface area contributed by atoms with Crippen molar-refractivity contribution in [2.24, 2.45) is 0 Å². The quantitative estimate of drug-likeness (QED) is 0.633. The molecule has 1 amide bonds. The summed E-state index contributed by atoms with van der Waals surface area (Å²) in [6, 6.07) is 14.1. The summed E-state index contributed by atoms with van der Waals surface area (Å²) in [6.07, 6.45) is 1.60. The topological polar surface area (TPSA) is 72.2 Å². The summed E-state index contributed by atoms with van der Waals surface area (Å²) in [6.45, 7) is 3.85. The van der Waals surface area contributed by atoms with Crippen LogP contribution in [0.2, 0.25) is 0 Å². The summed E-state index contributed by atoms with van der Waals surface area (Å²) in [5.74, 6) is -0.401. The molecule has 0 spiro atoms. The van der Waals surface area contributed by atoms with Gasteiger partial charge in [0, 0.05) is 12.1 Å². The van der Waals surface area contributed by atoms with Gasteiger partial charge in [-0.25, -0.2) is 0 Å². The number of hydrogen-bond donors (Lipinski definition) is 1. The first-order valence-electron chi connectivity index (χ1n) is 7.63. The normalized spacial score (nSPS) is 11.7. The van der Waals surface area contributed by atoms with Gasteiger partial charge in [0.1, 0.15) is 0 Å². The molecular weight excluding hydrogens is 292 g/mol. The Morgan fingerprint density at radius 3 is 2.52 bits per heavy atom. The Morgan fingerprint density at radius 1 is 1.22 bits per heavy atom. The lowest BCUT2D eigenvalue weighted by Gasteiger charge is -2.17. The Labute approximate surface area is 135 Å². The SMILES string of the molecule is CCCC(C(=O)Nc1cc([N+](=O)[O-])ccc1C)c1ccccc1. The molecule has 0 saturated carbocycles. The molecule has 2 aromatic carbocycles. The maximum absolute atomic E-state index is 12.7. The van der Waals surface area contributed by atoms with Crippen LogP contribution < -0.4 is 5.32 Å². The number of carbonyl (C=O) groups is 1. The molecular formula is C18H20N2O3. The predicted octanol–water partition coefficient (Wildman–Crippen LogP) is 4.43. The van der Waals surface area contributed by atoms with E-state index < -0.39 is 4.92 Å². The van der Waals surface area contributed by atoms with Gasteiger partial charge in [-0.1, -0.05) is 49.7 Å². The zero-order chi connectivity index (χ0) is 16.8. The third-order valence-corrected chi connectivity index (χ3v) is 3.79. The average Bonchev–Trinajstić information content (AvgIpc) is 2.55. The van der Waals surface area contributed by atoms with E-state index >= 15 is 0 Å². The van der Waals surface area contributed by atoms with E-state index in [0.717, 1.165) is 24.0 Å². The lowest BCUT2D eigenvalue weighted by Crippen LogP contribution is -2.21. The number of nitrogens with zero attached hydrogens (tertiary/aromatic N) is 1. The fraction of sp³-hybridized carbons (Fsp3) is 0.278. The highest BCUT2D eigenvalue weighted by Gasteiger charge is 2.21. The van der Waals surface area contributed by atoms with Crippen molar-refractivity contribution in [1.29, 1.82) is 0 Å². The van der Waals surface area contributed by atoms with Crippen LogP contribution in [0.25, 0.3) is 0 Å². The van der Waals surface area contributed by atoms with Gasteiger partial charge < -0.3 is 5.32 Å². The van der Waals surface area contributed by atoms with Crippen LogP contribution >= 0.6 is 0 Å². The largest absolute Gasteiger partial charge is 0.325 e. The van der Waals surface area contributed by atoms with Crippen molar-refractivity contribution in [2.75, 3.05) is 5.32 Å². The number of anilines is 1. The van der Waals surface area contributed by atoms with E-state index in [1.807, 2.05) is 44.2 Å². The summed E-state index contributed by atoms with van der Waals surface area (Å²) in [4.78, 5) is 23.1. The number of benzene rings is 2. The average molecular weight is 312 g/mol. The third-order valence-electron chi connectivity index (χ3n) is 3.79. The number of hydrogen-bond acceptors (Lipinski definition) is 3. The first-order chi connectivity index (χ1) is 11.0. The number of amides is 1. The summed E-state index contributed by atoms with van der Waals surface area (Å²) >= 11 is 0. The second-order valence-corrected chi connectivity index (χ2v) is 5.50. The fourth-order valence-electron chi connectivity index (χ4n) is 2.50. The number of rotatable bonds is 6. The smallest absolute Gasteiger partial charge is 0.271 e. The maximum Gasteiger partial charge on any atom is 0.271 e. The van der Waals surface area contributed by atoms with E-state index in [1.165, 1.54) is 12.1 Å². The molecule has 1 N–H and O–H groups in total. The van der Waals surface area contributed by atoms with E-state index in [-0.39, 0.29) is 17.5 Å². The third kappa shape index (κ3) is 4.16. The van der Waals surface area contributed by atoms with Gasteiger partial charge in [-0.2, -0.15) is 0 Å². The van der Waals surface area contributed by atoms with Gasteiger partial charge in [0.15, 0.2) is 0 Å². The van der Waals surface area contributed by atoms with Gasteiger partial charge >= 0.3 is 0 Å². The molecule has 0 bridgehead atoms. The van der Waals surface area contributed by atoms with Crippen LogP contribution in [0.15, 0.2) is 48.5 Å². The van der Waals surface area contributed by atoms with Crippen molar-refractivity contribution >= 4 is 17.3 Å². The minimum atomic E-state index is -0.462. The number of carbonyl (C=O) groups excluding carboxylic acids is 1. The van der Waals surface area contributed by atoms with Gasteiger partial charge in [0.05, 0.1) is 16.5 Å². The van der Waals surface area contributed by atoms with Gasteiger partial charge in [-0.05, 0) is 24.5 Å².